The van der Waals surface area contributed by atoms with Crippen LogP contribution in [0.3, 0.4) is 0 Å². The van der Waals surface area contributed by atoms with Crippen LogP contribution in [0, 0.1) is 0 Å². The molecule has 0 bridgehead atoms. The number of ether oxygens (including phenoxy) is 4. The van der Waals surface area contributed by atoms with Crippen molar-refractivity contribution in [1.29, 1.82) is 0 Å². The van der Waals surface area contributed by atoms with Gasteiger partial charge in [-0.1, -0.05) is 22.7 Å². The van der Waals surface area contributed by atoms with E-state index in [9.17, 15) is 0 Å². The third-order valence-corrected chi connectivity index (χ3v) is 6.65. The first-order chi connectivity index (χ1) is 15.4. The molecule has 2 heterocycles. The average molecular weight is 471 g/mol. The van der Waals surface area contributed by atoms with E-state index in [-0.39, 0.29) is 12.2 Å². The lowest BCUT2D eigenvalue weighted by Gasteiger charge is -2.14. The summed E-state index contributed by atoms with van der Waals surface area (Å²) in [6, 6.07) is 11.8. The third kappa shape index (κ3) is 4.66. The highest BCUT2D eigenvalue weighted by Crippen LogP contribution is 2.41. The first kappa shape index (κ1) is 22.4. The number of hydrogen-bond acceptors (Lipinski definition) is 8. The molecule has 0 fully saturated rings. The Balaban J connectivity index is 1.63. The molecule has 4 aromatic rings. The minimum Gasteiger partial charge on any atom is -0.493 e. The largest absolute Gasteiger partial charge is 0.493 e. The highest BCUT2D eigenvalue weighted by atomic mass is 32.1. The van der Waals surface area contributed by atoms with Crippen LogP contribution in [0.1, 0.15) is 27.7 Å². The first-order valence-electron chi connectivity index (χ1n) is 10.4. The first-order valence-corrected chi connectivity index (χ1v) is 12.0. The zero-order chi connectivity index (χ0) is 22.8. The van der Waals surface area contributed by atoms with Gasteiger partial charge in [-0.15, -0.1) is 0 Å². The Kier molecular flexibility index (Phi) is 6.53. The van der Waals surface area contributed by atoms with Crippen LogP contribution >= 0.6 is 22.7 Å². The maximum absolute atomic E-state index is 5.81. The van der Waals surface area contributed by atoms with Gasteiger partial charge < -0.3 is 18.9 Å². The van der Waals surface area contributed by atoms with Crippen molar-refractivity contribution in [2.75, 3.05) is 14.2 Å². The van der Waals surface area contributed by atoms with Crippen LogP contribution in [0.15, 0.2) is 36.4 Å². The lowest BCUT2D eigenvalue weighted by molar-refractivity contribution is 0.230. The van der Waals surface area contributed by atoms with E-state index in [1.807, 2.05) is 64.1 Å². The molecule has 0 atom stereocenters. The second-order valence-electron chi connectivity index (χ2n) is 7.71. The number of aromatic nitrogens is 2. The van der Waals surface area contributed by atoms with Crippen molar-refractivity contribution >= 4 is 32.3 Å². The maximum atomic E-state index is 5.81. The summed E-state index contributed by atoms with van der Waals surface area (Å²) in [5.74, 6) is 2.84. The number of hydrogen-bond donors (Lipinski definition) is 0. The van der Waals surface area contributed by atoms with Crippen molar-refractivity contribution in [3.05, 3.63) is 36.4 Å². The summed E-state index contributed by atoms with van der Waals surface area (Å²) in [7, 11) is 3.29. The van der Waals surface area contributed by atoms with Crippen molar-refractivity contribution in [2.45, 2.75) is 39.9 Å². The van der Waals surface area contributed by atoms with E-state index < -0.39 is 0 Å². The fourth-order valence-corrected chi connectivity index (χ4v) is 5.23. The van der Waals surface area contributed by atoms with Gasteiger partial charge in [0.1, 0.15) is 10.0 Å². The van der Waals surface area contributed by atoms with Crippen LogP contribution in [0.25, 0.3) is 30.8 Å². The molecule has 2 aromatic heterocycles. The Morgan fingerprint density at radius 3 is 1.38 bits per heavy atom. The molecule has 0 saturated heterocycles. The molecule has 6 nitrogen and oxygen atoms in total. The van der Waals surface area contributed by atoms with Crippen molar-refractivity contribution in [1.82, 2.24) is 9.97 Å². The van der Waals surface area contributed by atoms with Crippen LogP contribution in [0.4, 0.5) is 0 Å². The smallest absolute Gasteiger partial charge is 0.161 e. The van der Waals surface area contributed by atoms with E-state index in [0.717, 1.165) is 42.3 Å². The molecule has 168 valence electrons. The molecule has 4 rings (SSSR count). The zero-order valence-corrected chi connectivity index (χ0v) is 20.6. The van der Waals surface area contributed by atoms with Crippen LogP contribution < -0.4 is 18.9 Å². The highest BCUT2D eigenvalue weighted by molar-refractivity contribution is 7.29. The second-order valence-corrected chi connectivity index (χ2v) is 9.67. The van der Waals surface area contributed by atoms with Gasteiger partial charge in [-0.3, -0.25) is 0 Å². The van der Waals surface area contributed by atoms with Crippen molar-refractivity contribution in [3.8, 4) is 44.1 Å². The van der Waals surface area contributed by atoms with E-state index in [2.05, 4.69) is 0 Å². The molecule has 0 saturated carbocycles. The fraction of sp³-hybridized carbons (Fsp3) is 0.333. The van der Waals surface area contributed by atoms with Crippen molar-refractivity contribution in [3.63, 3.8) is 0 Å². The Morgan fingerprint density at radius 2 is 1.03 bits per heavy atom. The quantitative estimate of drug-likeness (QED) is 0.286. The summed E-state index contributed by atoms with van der Waals surface area (Å²) in [6.07, 6.45) is 0.152. The summed E-state index contributed by atoms with van der Waals surface area (Å²) in [5.41, 5.74) is 1.96. The van der Waals surface area contributed by atoms with Crippen molar-refractivity contribution in [2.24, 2.45) is 0 Å². The number of benzene rings is 2. The van der Waals surface area contributed by atoms with Gasteiger partial charge in [-0.25, -0.2) is 9.97 Å². The Hall–Kier alpha value is -2.84. The van der Waals surface area contributed by atoms with Crippen LogP contribution in [-0.4, -0.2) is 36.4 Å². The van der Waals surface area contributed by atoms with Gasteiger partial charge >= 0.3 is 0 Å². The molecular formula is C24H26N2O4S2. The number of rotatable bonds is 8. The molecule has 0 radical (unpaired) electrons. The molecule has 0 aliphatic heterocycles. The second kappa shape index (κ2) is 9.34. The number of fused-ring (bicyclic) bond motifs is 1. The van der Waals surface area contributed by atoms with Gasteiger partial charge in [0.05, 0.1) is 26.4 Å². The zero-order valence-electron chi connectivity index (χ0n) is 19.0. The Labute approximate surface area is 195 Å². The van der Waals surface area contributed by atoms with E-state index in [0.29, 0.717) is 11.5 Å². The minimum absolute atomic E-state index is 0.0761. The standard InChI is InChI=1S/C24H26N2O4S2/c1-13(2)29-17-9-7-15(11-19(17)27-5)21-25-23-24(31-21)26-22(32-23)16-8-10-18(30-14(3)4)20(12-16)28-6/h7-14H,1-6H3. The van der Waals surface area contributed by atoms with E-state index >= 15 is 0 Å². The Morgan fingerprint density at radius 1 is 0.625 bits per heavy atom. The summed E-state index contributed by atoms with van der Waals surface area (Å²) < 4.78 is 22.7. The Bertz CT molecular complexity index is 1110. The topological polar surface area (TPSA) is 62.7 Å². The molecule has 0 unspecified atom stereocenters. The SMILES string of the molecule is COc1cc(-c2nc3sc(-c4ccc(OC(C)C)c(OC)c4)nc3s2)ccc1OC(C)C. The fourth-order valence-electron chi connectivity index (χ4n) is 3.19. The normalized spacial score (nSPS) is 11.4. The summed E-state index contributed by atoms with van der Waals surface area (Å²) in [4.78, 5) is 11.4. The lowest BCUT2D eigenvalue weighted by atomic mass is 10.2. The van der Waals surface area contributed by atoms with E-state index in [4.69, 9.17) is 28.9 Å². The van der Waals surface area contributed by atoms with Gasteiger partial charge in [0, 0.05) is 11.1 Å². The third-order valence-electron chi connectivity index (χ3n) is 4.52. The monoisotopic (exact) mass is 470 g/mol. The predicted octanol–water partition coefficient (Wildman–Crippen LogP) is 6.68. The summed E-state index contributed by atoms with van der Waals surface area (Å²) in [5, 5.41) is 1.80. The molecule has 2 aromatic carbocycles. The average Bonchev–Trinajstić information content (AvgIpc) is 3.33. The predicted molar refractivity (Wildman–Crippen MR) is 131 cm³/mol. The maximum Gasteiger partial charge on any atom is 0.161 e. The van der Waals surface area contributed by atoms with Gasteiger partial charge in [0.2, 0.25) is 0 Å². The van der Waals surface area contributed by atoms with E-state index in [1.165, 1.54) is 0 Å². The number of methoxy groups -OCH3 is 2. The molecule has 0 N–H and O–H groups in total. The van der Waals surface area contributed by atoms with Gasteiger partial charge in [0.15, 0.2) is 32.7 Å². The minimum atomic E-state index is 0.0761. The number of thiazole rings is 2. The van der Waals surface area contributed by atoms with Crippen LogP contribution in [-0.2, 0) is 0 Å². The van der Waals surface area contributed by atoms with Crippen LogP contribution in [0.5, 0.6) is 23.0 Å². The molecule has 8 heteroatoms. The molecular weight excluding hydrogens is 444 g/mol. The van der Waals surface area contributed by atoms with Crippen LogP contribution in [0.2, 0.25) is 0 Å². The van der Waals surface area contributed by atoms with Gasteiger partial charge in [-0.05, 0) is 64.1 Å². The molecule has 0 aliphatic rings. The highest BCUT2D eigenvalue weighted by Gasteiger charge is 2.17. The molecule has 0 aliphatic carbocycles. The number of nitrogens with zero attached hydrogens (tertiary/aromatic N) is 2. The van der Waals surface area contributed by atoms with Gasteiger partial charge in [-0.2, -0.15) is 0 Å². The van der Waals surface area contributed by atoms with Crippen molar-refractivity contribution < 1.29 is 18.9 Å². The molecule has 0 amide bonds. The van der Waals surface area contributed by atoms with Gasteiger partial charge in [0.25, 0.3) is 0 Å². The molecule has 32 heavy (non-hydrogen) atoms. The summed E-state index contributed by atoms with van der Waals surface area (Å²) in [6.45, 7) is 7.97. The summed E-state index contributed by atoms with van der Waals surface area (Å²) >= 11 is 3.12. The van der Waals surface area contributed by atoms with E-state index in [1.54, 1.807) is 36.9 Å². The lowest BCUT2D eigenvalue weighted by Crippen LogP contribution is -2.06. The molecule has 0 spiro atoms.